The smallest absolute Gasteiger partial charge is 0.165 e. The number of hydrogen-bond acceptors (Lipinski definition) is 4. The Balaban J connectivity index is 1.46. The lowest BCUT2D eigenvalue weighted by Gasteiger charge is -2.75. The molecule has 5 fully saturated rings. The summed E-state index contributed by atoms with van der Waals surface area (Å²) in [7, 11) is 0. The van der Waals surface area contributed by atoms with Crippen LogP contribution in [0.2, 0.25) is 0 Å². The van der Waals surface area contributed by atoms with Gasteiger partial charge in [-0.15, -0.1) is 0 Å². The average molecular weight is 452 g/mol. The van der Waals surface area contributed by atoms with E-state index in [1.54, 1.807) is 0 Å². The molecular formula is C29H41NO3. The molecule has 8 rings (SSSR count). The summed E-state index contributed by atoms with van der Waals surface area (Å²) in [6.07, 6.45) is 8.42. The SMILES string of the molecule is CC(C)(C)[C@@](C)(O)[C@H]1C[C@@]23CC[C@]1(C)[C@@H]1Oc4c(O)ccc5c4[C@@]12CCN(CC1CC1)[C@@H]3C5. The lowest BCUT2D eigenvalue weighted by Crippen LogP contribution is -2.80. The van der Waals surface area contributed by atoms with Crippen LogP contribution in [0.1, 0.15) is 84.3 Å². The highest BCUT2D eigenvalue weighted by Crippen LogP contribution is 2.79. The molecule has 0 amide bonds. The van der Waals surface area contributed by atoms with E-state index in [2.05, 4.69) is 45.6 Å². The predicted molar refractivity (Wildman–Crippen MR) is 129 cm³/mol. The van der Waals surface area contributed by atoms with Gasteiger partial charge in [0.25, 0.3) is 0 Å². The first kappa shape index (κ1) is 21.1. The number of ether oxygens (including phenoxy) is 1. The largest absolute Gasteiger partial charge is 0.504 e. The molecule has 0 aromatic heterocycles. The number of aliphatic hydroxyl groups is 1. The van der Waals surface area contributed by atoms with E-state index in [0.29, 0.717) is 11.8 Å². The van der Waals surface area contributed by atoms with E-state index in [1.807, 2.05) is 6.07 Å². The van der Waals surface area contributed by atoms with Gasteiger partial charge in [0, 0.05) is 34.4 Å². The van der Waals surface area contributed by atoms with E-state index in [0.717, 1.165) is 43.9 Å². The molecule has 2 aliphatic heterocycles. The minimum atomic E-state index is -0.785. The Morgan fingerprint density at radius 2 is 1.88 bits per heavy atom. The second-order valence-corrected chi connectivity index (χ2v) is 14.1. The molecule has 1 aromatic carbocycles. The highest BCUT2D eigenvalue weighted by molar-refractivity contribution is 5.63. The van der Waals surface area contributed by atoms with E-state index >= 15 is 0 Å². The van der Waals surface area contributed by atoms with Crippen molar-refractivity contribution in [2.24, 2.45) is 28.1 Å². The second kappa shape index (κ2) is 5.93. The van der Waals surface area contributed by atoms with Crippen molar-refractivity contribution in [3.63, 3.8) is 0 Å². The zero-order valence-electron chi connectivity index (χ0n) is 21.1. The predicted octanol–water partition coefficient (Wildman–Crippen LogP) is 5.03. The summed E-state index contributed by atoms with van der Waals surface area (Å²) < 4.78 is 6.93. The van der Waals surface area contributed by atoms with Gasteiger partial charge < -0.3 is 14.9 Å². The molecule has 33 heavy (non-hydrogen) atoms. The summed E-state index contributed by atoms with van der Waals surface area (Å²) in [5, 5.41) is 23.1. The molecule has 2 heterocycles. The van der Waals surface area contributed by atoms with Crippen molar-refractivity contribution in [2.45, 2.75) is 103 Å². The van der Waals surface area contributed by atoms with Crippen LogP contribution in [0.4, 0.5) is 0 Å². The van der Waals surface area contributed by atoms with Gasteiger partial charge in [-0.3, -0.25) is 4.90 Å². The van der Waals surface area contributed by atoms with Crippen molar-refractivity contribution in [1.82, 2.24) is 4.90 Å². The number of piperidine rings is 1. The molecule has 0 radical (unpaired) electrons. The molecule has 7 atom stereocenters. The fourth-order valence-electron chi connectivity index (χ4n) is 9.71. The summed E-state index contributed by atoms with van der Waals surface area (Å²) in [5.74, 6) is 2.15. The van der Waals surface area contributed by atoms with Crippen molar-refractivity contribution in [3.05, 3.63) is 23.3 Å². The third-order valence-electron chi connectivity index (χ3n) is 12.0. The number of phenolic OH excluding ortho intramolecular Hbond substituents is 1. The summed E-state index contributed by atoms with van der Waals surface area (Å²) in [4.78, 5) is 2.85. The lowest BCUT2D eigenvalue weighted by atomic mass is 9.31. The Labute approximate surface area is 198 Å². The summed E-state index contributed by atoms with van der Waals surface area (Å²) in [6, 6.07) is 4.58. The second-order valence-electron chi connectivity index (χ2n) is 14.1. The summed E-state index contributed by atoms with van der Waals surface area (Å²) >= 11 is 0. The van der Waals surface area contributed by atoms with Gasteiger partial charge in [-0.2, -0.15) is 0 Å². The van der Waals surface area contributed by atoms with Gasteiger partial charge in [0.15, 0.2) is 11.5 Å². The monoisotopic (exact) mass is 451 g/mol. The van der Waals surface area contributed by atoms with Crippen LogP contribution >= 0.6 is 0 Å². The van der Waals surface area contributed by atoms with Crippen LogP contribution in [-0.4, -0.2) is 45.9 Å². The van der Waals surface area contributed by atoms with Gasteiger partial charge >= 0.3 is 0 Å². The quantitative estimate of drug-likeness (QED) is 0.676. The lowest BCUT2D eigenvalue weighted by molar-refractivity contribution is -0.276. The van der Waals surface area contributed by atoms with E-state index in [9.17, 15) is 10.2 Å². The van der Waals surface area contributed by atoms with Crippen molar-refractivity contribution in [1.29, 1.82) is 0 Å². The normalized spacial score (nSPS) is 44.8. The minimum absolute atomic E-state index is 0.0170. The van der Waals surface area contributed by atoms with Crippen LogP contribution in [0.5, 0.6) is 11.5 Å². The number of nitrogens with zero attached hydrogens (tertiary/aromatic N) is 1. The van der Waals surface area contributed by atoms with Crippen molar-refractivity contribution in [3.8, 4) is 11.5 Å². The Morgan fingerprint density at radius 1 is 1.12 bits per heavy atom. The molecular weight excluding hydrogens is 410 g/mol. The van der Waals surface area contributed by atoms with Gasteiger partial charge in [-0.25, -0.2) is 0 Å². The van der Waals surface area contributed by atoms with Crippen molar-refractivity contribution in [2.75, 3.05) is 13.1 Å². The third-order valence-corrected chi connectivity index (χ3v) is 12.0. The first-order valence-electron chi connectivity index (χ1n) is 13.4. The van der Waals surface area contributed by atoms with Gasteiger partial charge in [0.1, 0.15) is 6.10 Å². The molecule has 5 aliphatic carbocycles. The number of benzene rings is 1. The maximum Gasteiger partial charge on any atom is 0.165 e. The maximum absolute atomic E-state index is 12.1. The fraction of sp³-hybridized carbons (Fsp3) is 0.793. The molecule has 0 unspecified atom stereocenters. The van der Waals surface area contributed by atoms with Crippen LogP contribution in [0.25, 0.3) is 0 Å². The highest BCUT2D eigenvalue weighted by Gasteiger charge is 2.80. The zero-order valence-corrected chi connectivity index (χ0v) is 21.1. The molecule has 4 saturated carbocycles. The number of likely N-dealkylation sites (tertiary alicyclic amines) is 1. The molecule has 180 valence electrons. The van der Waals surface area contributed by atoms with E-state index in [4.69, 9.17) is 4.74 Å². The Bertz CT molecular complexity index is 1040. The number of fused-ring (bicyclic) bond motifs is 2. The van der Waals surface area contributed by atoms with Crippen LogP contribution in [0.3, 0.4) is 0 Å². The highest BCUT2D eigenvalue weighted by atomic mass is 16.5. The molecule has 2 spiro atoms. The third kappa shape index (κ3) is 2.23. The first-order valence-corrected chi connectivity index (χ1v) is 13.4. The summed E-state index contributed by atoms with van der Waals surface area (Å²) in [5.41, 5.74) is 1.77. The molecule has 7 aliphatic rings. The van der Waals surface area contributed by atoms with Crippen LogP contribution in [-0.2, 0) is 11.8 Å². The molecule has 4 bridgehead atoms. The Hall–Kier alpha value is -1.26. The van der Waals surface area contributed by atoms with E-state index in [-0.39, 0.29) is 33.7 Å². The van der Waals surface area contributed by atoms with Crippen molar-refractivity contribution >= 4 is 0 Å². The molecule has 1 saturated heterocycles. The van der Waals surface area contributed by atoms with Gasteiger partial charge in [0.05, 0.1) is 5.60 Å². The minimum Gasteiger partial charge on any atom is -0.504 e. The van der Waals surface area contributed by atoms with E-state index < -0.39 is 5.60 Å². The number of aromatic hydroxyl groups is 1. The van der Waals surface area contributed by atoms with Gasteiger partial charge in [-0.05, 0) is 87.3 Å². The summed E-state index contributed by atoms with van der Waals surface area (Å²) in [6.45, 7) is 13.5. The topological polar surface area (TPSA) is 52.9 Å². The number of phenols is 1. The molecule has 4 heteroatoms. The van der Waals surface area contributed by atoms with Crippen molar-refractivity contribution < 1.29 is 14.9 Å². The standard InChI is InChI=1S/C29H41NO3/c1-25(2,3)27(5,32)20-15-28-11-10-26(20,4)24-29(28)12-13-30(16-17-6-7-17)21(28)14-18-8-9-19(31)23(33-24)22(18)29/h8-9,17,20-21,24,31-32H,6-7,10-16H2,1-5H3/t20-,21+,24-,26-,27-,28+,29-/m0/s1. The van der Waals surface area contributed by atoms with Crippen LogP contribution in [0.15, 0.2) is 12.1 Å². The fourth-order valence-corrected chi connectivity index (χ4v) is 9.71. The Morgan fingerprint density at radius 3 is 2.58 bits per heavy atom. The number of rotatable bonds is 3. The maximum atomic E-state index is 12.1. The molecule has 1 aromatic rings. The van der Waals surface area contributed by atoms with Crippen LogP contribution in [0, 0.1) is 28.1 Å². The van der Waals surface area contributed by atoms with Gasteiger partial charge in [-0.1, -0.05) is 33.8 Å². The molecule has 4 nitrogen and oxygen atoms in total. The van der Waals surface area contributed by atoms with Gasteiger partial charge in [0.2, 0.25) is 0 Å². The van der Waals surface area contributed by atoms with E-state index in [1.165, 1.54) is 36.9 Å². The number of hydrogen-bond donors (Lipinski definition) is 2. The zero-order chi connectivity index (χ0) is 23.2. The van der Waals surface area contributed by atoms with Crippen LogP contribution < -0.4 is 4.74 Å². The average Bonchev–Trinajstić information content (AvgIpc) is 3.48. The first-order chi connectivity index (χ1) is 15.5. The Kier molecular flexibility index (Phi) is 3.78. The molecule has 2 N–H and O–H groups in total.